The molecule has 0 aliphatic heterocycles. The molecule has 0 saturated heterocycles. The third-order valence-electron chi connectivity index (χ3n) is 2.11. The minimum atomic E-state index is -2.69. The van der Waals surface area contributed by atoms with Gasteiger partial charge in [0.05, 0.1) is 17.7 Å². The maximum atomic E-state index is 12.3. The minimum absolute atomic E-state index is 0.00125. The van der Waals surface area contributed by atoms with Gasteiger partial charge in [0.15, 0.2) is 0 Å². The first-order valence-electron chi connectivity index (χ1n) is 4.92. The van der Waals surface area contributed by atoms with Crippen molar-refractivity contribution in [3.05, 3.63) is 28.1 Å². The smallest absolute Gasteiger partial charge is 0.287 e. The van der Waals surface area contributed by atoms with Crippen LogP contribution in [0.1, 0.15) is 10.5 Å². The molecule has 0 bridgehead atoms. The summed E-state index contributed by atoms with van der Waals surface area (Å²) in [6, 6.07) is 0.995. The molecule has 9 heteroatoms. The molecular formula is C9H10ClF2N3O3. The fourth-order valence-corrected chi connectivity index (χ4v) is 1.53. The van der Waals surface area contributed by atoms with Gasteiger partial charge in [-0.15, -0.1) is 11.6 Å². The van der Waals surface area contributed by atoms with Crippen LogP contribution in [-0.4, -0.2) is 46.1 Å². The van der Waals surface area contributed by atoms with Crippen molar-refractivity contribution in [3.63, 3.8) is 0 Å². The van der Waals surface area contributed by atoms with Crippen LogP contribution in [0.25, 0.3) is 0 Å². The van der Waals surface area contributed by atoms with Gasteiger partial charge < -0.3 is 9.88 Å². The number of carbonyl (C=O) groups is 1. The predicted molar refractivity (Wildman–Crippen MR) is 60.1 cm³/mol. The zero-order chi connectivity index (χ0) is 13.7. The zero-order valence-corrected chi connectivity index (χ0v) is 9.86. The number of nitrogens with one attached hydrogen (secondary N) is 1. The first-order valence-corrected chi connectivity index (χ1v) is 5.45. The molecule has 0 aliphatic rings. The Labute approximate surface area is 106 Å². The number of H-pyrrole nitrogens is 1. The minimum Gasteiger partial charge on any atom is -0.351 e. The third-order valence-corrected chi connectivity index (χ3v) is 2.28. The average molecular weight is 282 g/mol. The Hall–Kier alpha value is -1.70. The van der Waals surface area contributed by atoms with Crippen LogP contribution in [0.5, 0.6) is 0 Å². The van der Waals surface area contributed by atoms with E-state index in [-0.39, 0.29) is 23.8 Å². The number of amides is 1. The van der Waals surface area contributed by atoms with Crippen LogP contribution in [0, 0.1) is 10.1 Å². The van der Waals surface area contributed by atoms with Crippen molar-refractivity contribution in [2.45, 2.75) is 6.43 Å². The van der Waals surface area contributed by atoms with Crippen molar-refractivity contribution in [3.8, 4) is 0 Å². The average Bonchev–Trinajstić information content (AvgIpc) is 2.76. The molecule has 1 heterocycles. The second kappa shape index (κ2) is 6.29. The van der Waals surface area contributed by atoms with E-state index in [9.17, 15) is 23.7 Å². The molecule has 1 aromatic heterocycles. The summed E-state index contributed by atoms with van der Waals surface area (Å²) >= 11 is 5.41. The molecule has 1 N–H and O–H groups in total. The Kier molecular flexibility index (Phi) is 5.02. The largest absolute Gasteiger partial charge is 0.351 e. The lowest BCUT2D eigenvalue weighted by atomic mass is 10.3. The van der Waals surface area contributed by atoms with Crippen LogP contribution in [0.2, 0.25) is 0 Å². The van der Waals surface area contributed by atoms with Crippen molar-refractivity contribution in [1.82, 2.24) is 9.88 Å². The highest BCUT2D eigenvalue weighted by atomic mass is 35.5. The highest BCUT2D eigenvalue weighted by molar-refractivity contribution is 6.18. The summed E-state index contributed by atoms with van der Waals surface area (Å²) in [6.07, 6.45) is -1.67. The number of hydrogen-bond donors (Lipinski definition) is 1. The Morgan fingerprint density at radius 3 is 2.72 bits per heavy atom. The molecule has 1 rings (SSSR count). The van der Waals surface area contributed by atoms with Crippen LogP contribution in [0.4, 0.5) is 14.5 Å². The van der Waals surface area contributed by atoms with E-state index in [2.05, 4.69) is 4.98 Å². The Bertz CT molecular complexity index is 438. The lowest BCUT2D eigenvalue weighted by Gasteiger charge is -2.20. The maximum absolute atomic E-state index is 12.3. The fourth-order valence-electron chi connectivity index (χ4n) is 1.33. The summed E-state index contributed by atoms with van der Waals surface area (Å²) in [4.78, 5) is 24.7. The molecule has 18 heavy (non-hydrogen) atoms. The summed E-state index contributed by atoms with van der Waals surface area (Å²) in [7, 11) is 0. The molecule has 0 saturated carbocycles. The number of rotatable bonds is 6. The summed E-state index contributed by atoms with van der Waals surface area (Å²) < 4.78 is 24.5. The summed E-state index contributed by atoms with van der Waals surface area (Å²) in [5.74, 6) is -0.745. The summed E-state index contributed by atoms with van der Waals surface area (Å²) in [5, 5.41) is 10.4. The van der Waals surface area contributed by atoms with E-state index in [0.29, 0.717) is 0 Å². The molecule has 1 amide bonds. The van der Waals surface area contributed by atoms with Crippen LogP contribution < -0.4 is 0 Å². The SMILES string of the molecule is O=C(c1cc([N+](=O)[O-])c[nH]1)N(CCCl)CC(F)F. The van der Waals surface area contributed by atoms with Crippen LogP contribution in [0.3, 0.4) is 0 Å². The van der Waals surface area contributed by atoms with Gasteiger partial charge in [-0.3, -0.25) is 14.9 Å². The molecule has 0 unspecified atom stereocenters. The molecule has 0 radical (unpaired) electrons. The van der Waals surface area contributed by atoms with Gasteiger partial charge in [-0.1, -0.05) is 0 Å². The van der Waals surface area contributed by atoms with Crippen LogP contribution in [-0.2, 0) is 0 Å². The molecule has 0 atom stereocenters. The highest BCUT2D eigenvalue weighted by Gasteiger charge is 2.22. The topological polar surface area (TPSA) is 79.2 Å². The highest BCUT2D eigenvalue weighted by Crippen LogP contribution is 2.14. The lowest BCUT2D eigenvalue weighted by Crippen LogP contribution is -2.36. The van der Waals surface area contributed by atoms with E-state index in [1.54, 1.807) is 0 Å². The Balaban J connectivity index is 2.83. The van der Waals surface area contributed by atoms with Crippen LogP contribution in [0.15, 0.2) is 12.3 Å². The Morgan fingerprint density at radius 1 is 1.61 bits per heavy atom. The van der Waals surface area contributed by atoms with Crippen molar-refractivity contribution >= 4 is 23.2 Å². The van der Waals surface area contributed by atoms with Crippen LogP contribution >= 0.6 is 11.6 Å². The number of aromatic amines is 1. The molecule has 0 fully saturated rings. The van der Waals surface area contributed by atoms with Gasteiger partial charge in [-0.2, -0.15) is 0 Å². The lowest BCUT2D eigenvalue weighted by molar-refractivity contribution is -0.384. The quantitative estimate of drug-likeness (QED) is 0.491. The second-order valence-corrected chi connectivity index (χ2v) is 3.74. The molecule has 0 spiro atoms. The van der Waals surface area contributed by atoms with E-state index in [1.807, 2.05) is 0 Å². The van der Waals surface area contributed by atoms with Gasteiger partial charge in [0.1, 0.15) is 5.69 Å². The number of halogens is 3. The van der Waals surface area contributed by atoms with Gasteiger partial charge in [0, 0.05) is 18.5 Å². The molecular weight excluding hydrogens is 272 g/mol. The molecule has 0 aliphatic carbocycles. The third kappa shape index (κ3) is 3.66. The normalized spacial score (nSPS) is 10.7. The monoisotopic (exact) mass is 281 g/mol. The van der Waals surface area contributed by atoms with Crippen molar-refractivity contribution in [1.29, 1.82) is 0 Å². The molecule has 1 aromatic rings. The number of nitro groups is 1. The fraction of sp³-hybridized carbons (Fsp3) is 0.444. The molecule has 0 aromatic carbocycles. The summed E-state index contributed by atoms with van der Waals surface area (Å²) in [6.45, 7) is -0.823. The number of nitrogens with zero attached hydrogens (tertiary/aromatic N) is 2. The van der Waals surface area contributed by atoms with E-state index < -0.39 is 23.8 Å². The van der Waals surface area contributed by atoms with Gasteiger partial charge in [-0.05, 0) is 0 Å². The number of carbonyl (C=O) groups excluding carboxylic acids is 1. The Morgan fingerprint density at radius 2 is 2.28 bits per heavy atom. The molecule has 6 nitrogen and oxygen atoms in total. The van der Waals surface area contributed by atoms with E-state index >= 15 is 0 Å². The van der Waals surface area contributed by atoms with E-state index in [0.717, 1.165) is 17.2 Å². The van der Waals surface area contributed by atoms with Crippen molar-refractivity contribution in [2.75, 3.05) is 19.0 Å². The standard InChI is InChI=1S/C9H10ClF2N3O3/c10-1-2-14(5-8(11)12)9(16)7-3-6(4-13-7)15(17)18/h3-4,8,13H,1-2,5H2. The van der Waals surface area contributed by atoms with Gasteiger partial charge in [0.25, 0.3) is 18.0 Å². The van der Waals surface area contributed by atoms with Gasteiger partial charge >= 0.3 is 0 Å². The number of alkyl halides is 3. The van der Waals surface area contributed by atoms with Crippen molar-refractivity contribution in [2.24, 2.45) is 0 Å². The van der Waals surface area contributed by atoms with Gasteiger partial charge in [-0.25, -0.2) is 8.78 Å². The molecule has 100 valence electrons. The summed E-state index contributed by atoms with van der Waals surface area (Å²) in [5.41, 5.74) is -0.423. The second-order valence-electron chi connectivity index (χ2n) is 3.36. The zero-order valence-electron chi connectivity index (χ0n) is 9.11. The maximum Gasteiger partial charge on any atom is 0.287 e. The number of hydrogen-bond acceptors (Lipinski definition) is 3. The number of aromatic nitrogens is 1. The van der Waals surface area contributed by atoms with E-state index in [1.165, 1.54) is 0 Å². The first kappa shape index (κ1) is 14.4. The first-order chi connectivity index (χ1) is 8.45. The van der Waals surface area contributed by atoms with Gasteiger partial charge in [0.2, 0.25) is 0 Å². The van der Waals surface area contributed by atoms with Crippen molar-refractivity contribution < 1.29 is 18.5 Å². The predicted octanol–water partition coefficient (Wildman–Crippen LogP) is 1.87. The van der Waals surface area contributed by atoms with E-state index in [4.69, 9.17) is 11.6 Å².